The summed E-state index contributed by atoms with van der Waals surface area (Å²) in [6, 6.07) is 24.7. The second-order valence-electron chi connectivity index (χ2n) is 17.7. The average molecular weight is 1010 g/mol. The van der Waals surface area contributed by atoms with Crippen LogP contribution in [0.1, 0.15) is 66.7 Å². The summed E-state index contributed by atoms with van der Waals surface area (Å²) in [6.07, 6.45) is -2.67. The van der Waals surface area contributed by atoms with E-state index in [0.29, 0.717) is 66.5 Å². The number of nitrogens with zero attached hydrogens (tertiary/aromatic N) is 10. The summed E-state index contributed by atoms with van der Waals surface area (Å²) in [4.78, 5) is 61.9. The minimum absolute atomic E-state index is 0.00533. The molecule has 21 heteroatoms. The number of benzene rings is 4. The minimum atomic E-state index is -4.60. The van der Waals surface area contributed by atoms with Crippen LogP contribution < -0.4 is 27.8 Å². The number of halogens is 6. The van der Waals surface area contributed by atoms with E-state index in [1.807, 2.05) is 0 Å². The van der Waals surface area contributed by atoms with Gasteiger partial charge in [0.15, 0.2) is 11.4 Å². The van der Waals surface area contributed by atoms with E-state index in [4.69, 9.17) is 13.1 Å². The van der Waals surface area contributed by atoms with Crippen LogP contribution in [0.4, 0.5) is 37.7 Å². The topological polar surface area (TPSA) is 144 Å². The fourth-order valence-electron chi connectivity index (χ4n) is 9.69. The lowest BCUT2D eigenvalue weighted by Gasteiger charge is -2.21. The van der Waals surface area contributed by atoms with Crippen LogP contribution in [0.2, 0.25) is 0 Å². The standard InChI is InChI=1S/C27H22F3N5O2.C26H21F3N6O2/c1-17-24(23-14-15-32-35(23)21-12-10-19(31-2)11-13-21)25(36)34(20-7-3-4-8-20)26(37)33(17)22-9-5-6-18(16-22)27(28,29)30;1-16-23(22-11-13-32-35(22)19-8-6-18(30-2)7-9-19)24(36)34(21-10-12-31-15-21)25(37)33(16)20-5-3-4-17(14-20)26(27,28)29/h5-6,9-16,20H,3-4,7-8H2,1H3;3-9,11,13-14,21,31H,10,12,15H2,1H3/t;21-/m.1/s1. The van der Waals surface area contributed by atoms with E-state index in [0.717, 1.165) is 46.2 Å². The van der Waals surface area contributed by atoms with Gasteiger partial charge in [-0.15, -0.1) is 0 Å². The maximum absolute atomic E-state index is 13.9. The van der Waals surface area contributed by atoms with Crippen molar-refractivity contribution in [3.05, 3.63) is 209 Å². The monoisotopic (exact) mass is 1010 g/mol. The molecule has 4 aromatic heterocycles. The fourth-order valence-corrected chi connectivity index (χ4v) is 9.69. The maximum atomic E-state index is 13.9. The van der Waals surface area contributed by atoms with Crippen molar-refractivity contribution in [3.8, 4) is 45.3 Å². The summed E-state index contributed by atoms with van der Waals surface area (Å²) in [5.41, 5.74) is -0.624. The van der Waals surface area contributed by atoms with Crippen molar-refractivity contribution < 1.29 is 26.3 Å². The molecule has 1 aliphatic heterocycles. The molecule has 8 aromatic rings. The molecule has 376 valence electrons. The molecule has 0 radical (unpaired) electrons. The Morgan fingerprint density at radius 3 is 1.35 bits per heavy atom. The third-order valence-corrected chi connectivity index (χ3v) is 13.3. The van der Waals surface area contributed by atoms with Gasteiger partial charge >= 0.3 is 23.7 Å². The Balaban J connectivity index is 0.000000182. The van der Waals surface area contributed by atoms with E-state index < -0.39 is 52.0 Å². The van der Waals surface area contributed by atoms with Gasteiger partial charge in [-0.3, -0.25) is 27.9 Å². The Morgan fingerprint density at radius 2 is 0.973 bits per heavy atom. The van der Waals surface area contributed by atoms with Crippen molar-refractivity contribution in [1.82, 2.24) is 43.1 Å². The van der Waals surface area contributed by atoms with Gasteiger partial charge in [-0.1, -0.05) is 49.2 Å². The summed E-state index contributed by atoms with van der Waals surface area (Å²) >= 11 is 0. The molecule has 74 heavy (non-hydrogen) atoms. The molecule has 0 spiro atoms. The van der Waals surface area contributed by atoms with Gasteiger partial charge in [0.25, 0.3) is 11.1 Å². The highest BCUT2D eigenvalue weighted by molar-refractivity contribution is 5.67. The van der Waals surface area contributed by atoms with Crippen LogP contribution in [0.3, 0.4) is 0 Å². The van der Waals surface area contributed by atoms with Gasteiger partial charge < -0.3 is 5.32 Å². The number of alkyl halides is 6. The molecule has 1 N–H and O–H groups in total. The lowest BCUT2D eigenvalue weighted by Crippen LogP contribution is -2.44. The van der Waals surface area contributed by atoms with Crippen LogP contribution in [-0.4, -0.2) is 50.9 Å². The van der Waals surface area contributed by atoms with Gasteiger partial charge in [-0.05, 0) is 112 Å². The second-order valence-corrected chi connectivity index (χ2v) is 17.7. The molecule has 5 heterocycles. The minimum Gasteiger partial charge on any atom is -0.315 e. The maximum Gasteiger partial charge on any atom is 0.416 e. The van der Waals surface area contributed by atoms with Gasteiger partial charge in [-0.25, -0.2) is 28.6 Å². The van der Waals surface area contributed by atoms with Gasteiger partial charge in [-0.2, -0.15) is 36.5 Å². The predicted octanol–water partition coefficient (Wildman–Crippen LogP) is 10.1. The molecule has 4 aromatic carbocycles. The van der Waals surface area contributed by atoms with E-state index in [9.17, 15) is 45.5 Å². The lowest BCUT2D eigenvalue weighted by atomic mass is 10.1. The van der Waals surface area contributed by atoms with Crippen molar-refractivity contribution >= 4 is 11.4 Å². The number of hydrogen-bond acceptors (Lipinski definition) is 7. The van der Waals surface area contributed by atoms with E-state index in [2.05, 4.69) is 25.2 Å². The molecular formula is C53H43F6N11O4. The zero-order valence-corrected chi connectivity index (χ0v) is 39.5. The number of nitrogens with one attached hydrogen (secondary N) is 1. The molecule has 1 saturated heterocycles. The van der Waals surface area contributed by atoms with Crippen LogP contribution in [0.15, 0.2) is 141 Å². The smallest absolute Gasteiger partial charge is 0.315 e. The quantitative estimate of drug-likeness (QED) is 0.118. The SMILES string of the molecule is [C-]#[N+]c1ccc(-n2nccc2-c2c(C)n(-c3cccc(C(F)(F)F)c3)c(=O)n(C3CCCC3)c2=O)cc1.[C-]#[N+]c1ccc(-n2nccc2-c2c(C)n(-c3cccc(C(F)(F)F)c3)c(=O)n([C@@H]3CCNC3)c2=O)cc1. The highest BCUT2D eigenvalue weighted by Crippen LogP contribution is 2.34. The molecule has 2 fully saturated rings. The summed E-state index contributed by atoms with van der Waals surface area (Å²) in [5, 5.41) is 11.8. The van der Waals surface area contributed by atoms with Crippen molar-refractivity contribution in [3.63, 3.8) is 0 Å². The Labute approximate surface area is 417 Å². The number of rotatable bonds is 8. The van der Waals surface area contributed by atoms with Gasteiger partial charge in [0, 0.05) is 24.0 Å². The van der Waals surface area contributed by atoms with Crippen molar-refractivity contribution in [2.45, 2.75) is 70.4 Å². The van der Waals surface area contributed by atoms with Crippen molar-refractivity contribution in [2.24, 2.45) is 0 Å². The molecule has 10 rings (SSSR count). The third-order valence-electron chi connectivity index (χ3n) is 13.3. The second kappa shape index (κ2) is 20.0. The zero-order chi connectivity index (χ0) is 52.6. The van der Waals surface area contributed by atoms with Gasteiger partial charge in [0.05, 0.1) is 88.0 Å². The fraction of sp³-hybridized carbons (Fsp3) is 0.245. The average Bonchev–Trinajstić information content (AvgIpc) is 4.25. The van der Waals surface area contributed by atoms with Crippen LogP contribution in [0.5, 0.6) is 0 Å². The van der Waals surface area contributed by atoms with Crippen LogP contribution in [0, 0.1) is 27.0 Å². The first kappa shape index (κ1) is 50.1. The normalized spacial score (nSPS) is 14.9. The Bertz CT molecular complexity index is 3520. The Morgan fingerprint density at radius 1 is 0.554 bits per heavy atom. The molecular weight excluding hydrogens is 969 g/mol. The molecule has 1 atom stereocenters. The zero-order valence-electron chi connectivity index (χ0n) is 39.5. The molecule has 2 aliphatic rings. The molecule has 15 nitrogen and oxygen atoms in total. The van der Waals surface area contributed by atoms with Crippen molar-refractivity contribution in [2.75, 3.05) is 13.1 Å². The highest BCUT2D eigenvalue weighted by atomic mass is 19.4. The summed E-state index contributed by atoms with van der Waals surface area (Å²) in [7, 11) is 0. The van der Waals surface area contributed by atoms with E-state index in [-0.39, 0.29) is 39.9 Å². The van der Waals surface area contributed by atoms with E-state index in [1.54, 1.807) is 67.6 Å². The Hall–Kier alpha value is -8.82. The van der Waals surface area contributed by atoms with Gasteiger partial charge in [0.1, 0.15) is 0 Å². The van der Waals surface area contributed by atoms with Gasteiger partial charge in [0.2, 0.25) is 0 Å². The van der Waals surface area contributed by atoms with Crippen LogP contribution >= 0.6 is 0 Å². The van der Waals surface area contributed by atoms with Crippen LogP contribution in [-0.2, 0) is 12.4 Å². The third kappa shape index (κ3) is 9.40. The first-order valence-electron chi connectivity index (χ1n) is 23.3. The largest absolute Gasteiger partial charge is 0.416 e. The molecule has 0 amide bonds. The van der Waals surface area contributed by atoms with Crippen LogP contribution in [0.25, 0.3) is 55.0 Å². The molecule has 0 unspecified atom stereocenters. The Kier molecular flexibility index (Phi) is 13.5. The highest BCUT2D eigenvalue weighted by Gasteiger charge is 2.34. The summed E-state index contributed by atoms with van der Waals surface area (Å²) < 4.78 is 88.7. The molecule has 1 aliphatic carbocycles. The number of aromatic nitrogens is 8. The number of hydrogen-bond donors (Lipinski definition) is 1. The van der Waals surface area contributed by atoms with E-state index >= 15 is 0 Å². The summed E-state index contributed by atoms with van der Waals surface area (Å²) in [5.74, 6) is 0. The first-order chi connectivity index (χ1) is 35.4. The van der Waals surface area contributed by atoms with E-state index in [1.165, 1.54) is 62.1 Å². The first-order valence-corrected chi connectivity index (χ1v) is 23.3. The molecule has 0 bridgehead atoms. The van der Waals surface area contributed by atoms with Crippen molar-refractivity contribution in [1.29, 1.82) is 0 Å². The lowest BCUT2D eigenvalue weighted by molar-refractivity contribution is -0.138. The predicted molar refractivity (Wildman–Crippen MR) is 264 cm³/mol. The molecule has 1 saturated carbocycles. The summed E-state index contributed by atoms with van der Waals surface area (Å²) in [6.45, 7) is 18.4.